The minimum atomic E-state index is -4.30. The second kappa shape index (κ2) is 12.8. The number of benzene rings is 2. The highest BCUT2D eigenvalue weighted by Crippen LogP contribution is 2.54. The fourth-order valence-electron chi connectivity index (χ4n) is 8.24. The van der Waals surface area contributed by atoms with Crippen LogP contribution in [0.25, 0.3) is 10.8 Å². The van der Waals surface area contributed by atoms with Crippen LogP contribution in [0.2, 0.25) is 0 Å². The molecular weight excluding hydrogens is 661 g/mol. The molecule has 3 saturated heterocycles. The lowest BCUT2D eigenvalue weighted by Crippen LogP contribution is -2.61. The van der Waals surface area contributed by atoms with E-state index in [0.717, 1.165) is 30.2 Å². The van der Waals surface area contributed by atoms with E-state index in [1.807, 2.05) is 11.0 Å². The first-order valence-corrected chi connectivity index (χ1v) is 18.9. The van der Waals surface area contributed by atoms with Crippen LogP contribution in [0.3, 0.4) is 0 Å². The highest BCUT2D eigenvalue weighted by atomic mass is 31.2. The van der Waals surface area contributed by atoms with Gasteiger partial charge in [-0.15, -0.1) is 0 Å². The summed E-state index contributed by atoms with van der Waals surface area (Å²) in [5, 5.41) is 4.24. The van der Waals surface area contributed by atoms with Crippen LogP contribution < -0.4 is 10.9 Å². The van der Waals surface area contributed by atoms with E-state index in [2.05, 4.69) is 5.32 Å². The molecule has 4 amide bonds. The smallest absolute Gasteiger partial charge is 0.329 e. The molecule has 4 atom stereocenters. The molecule has 0 bridgehead atoms. The monoisotopic (exact) mass is 703 g/mol. The topological polar surface area (TPSA) is 170 Å². The molecule has 7 rings (SSSR count). The van der Waals surface area contributed by atoms with E-state index in [0.29, 0.717) is 43.3 Å². The predicted molar refractivity (Wildman–Crippen MR) is 184 cm³/mol. The summed E-state index contributed by atoms with van der Waals surface area (Å²) in [4.78, 5) is 91.6. The van der Waals surface area contributed by atoms with Crippen LogP contribution in [0.5, 0.6) is 0 Å². The lowest BCUT2D eigenvalue weighted by atomic mass is 9.96. The number of fused-ring (bicyclic) bond motifs is 2. The Labute approximate surface area is 289 Å². The van der Waals surface area contributed by atoms with Crippen LogP contribution in [-0.4, -0.2) is 96.0 Å². The number of aryl methyl sites for hydroxylation is 1. The average Bonchev–Trinajstić information content (AvgIpc) is 3.54. The summed E-state index contributed by atoms with van der Waals surface area (Å²) < 4.78 is 13.1. The average molecular weight is 704 g/mol. The van der Waals surface area contributed by atoms with E-state index in [1.54, 1.807) is 65.5 Å². The lowest BCUT2D eigenvalue weighted by molar-refractivity contribution is -0.149. The van der Waals surface area contributed by atoms with E-state index >= 15 is 0 Å². The Morgan fingerprint density at radius 3 is 2.42 bits per heavy atom. The van der Waals surface area contributed by atoms with Crippen molar-refractivity contribution in [2.24, 2.45) is 7.05 Å². The maximum absolute atomic E-state index is 14.5. The standard InChI is InChI=1S/C36H42N5O8P/c1-22(42)39-14-10-29-7-8-31(35(46)40-19-28(18-36(40)11-12-36)25-9-13-38(2)32(43)17-25)41(29)34(45)30(20-39)37-33(44)26-6-5-24-4-3-23(15-27(24)16-26)21-50(47,48)49/h3-6,9,13,15-17,28-31H,7-8,10-12,14,18-21H2,1-2H3,(H,37,44)(H2,47,48,49)/t28?,29-,30+,31+/m1/s1. The van der Waals surface area contributed by atoms with E-state index < -0.39 is 37.7 Å². The first-order chi connectivity index (χ1) is 23.7. The van der Waals surface area contributed by atoms with Crippen molar-refractivity contribution in [3.8, 4) is 0 Å². The molecule has 14 heteroatoms. The van der Waals surface area contributed by atoms with Gasteiger partial charge in [0.05, 0.1) is 6.16 Å². The third-order valence-corrected chi connectivity index (χ3v) is 11.9. The molecule has 0 radical (unpaired) electrons. The quantitative estimate of drug-likeness (QED) is 0.329. The van der Waals surface area contributed by atoms with E-state index in [9.17, 15) is 38.3 Å². The number of nitrogens with one attached hydrogen (secondary N) is 1. The summed E-state index contributed by atoms with van der Waals surface area (Å²) in [6.45, 7) is 2.26. The highest BCUT2D eigenvalue weighted by molar-refractivity contribution is 7.50. The fraction of sp³-hybridized carbons (Fsp3) is 0.472. The van der Waals surface area contributed by atoms with Crippen molar-refractivity contribution in [2.45, 2.75) is 81.2 Å². The molecular formula is C36H42N5O8P. The molecule has 3 aromatic rings. The van der Waals surface area contributed by atoms with Gasteiger partial charge in [0.1, 0.15) is 12.1 Å². The van der Waals surface area contributed by atoms with Crippen molar-refractivity contribution in [3.05, 3.63) is 81.8 Å². The molecule has 1 aliphatic carbocycles. The third kappa shape index (κ3) is 6.61. The zero-order chi connectivity index (χ0) is 35.5. The van der Waals surface area contributed by atoms with Crippen LogP contribution in [-0.2, 0) is 32.2 Å². The molecule has 1 aromatic heterocycles. The van der Waals surface area contributed by atoms with Crippen molar-refractivity contribution in [1.82, 2.24) is 24.6 Å². The van der Waals surface area contributed by atoms with Gasteiger partial charge < -0.3 is 34.4 Å². The predicted octanol–water partition coefficient (Wildman–Crippen LogP) is 2.48. The van der Waals surface area contributed by atoms with Gasteiger partial charge in [0, 0.05) is 68.9 Å². The van der Waals surface area contributed by atoms with Gasteiger partial charge in [-0.1, -0.05) is 24.3 Å². The number of pyridine rings is 1. The maximum Gasteiger partial charge on any atom is 0.329 e. The number of nitrogens with zero attached hydrogens (tertiary/aromatic N) is 4. The Bertz CT molecular complexity index is 2000. The summed E-state index contributed by atoms with van der Waals surface area (Å²) in [6, 6.07) is 11.5. The highest BCUT2D eigenvalue weighted by Gasteiger charge is 2.58. The molecule has 50 heavy (non-hydrogen) atoms. The lowest BCUT2D eigenvalue weighted by Gasteiger charge is -2.40. The zero-order valence-electron chi connectivity index (χ0n) is 28.2. The third-order valence-electron chi connectivity index (χ3n) is 11.1. The molecule has 4 fully saturated rings. The molecule has 1 unspecified atom stereocenters. The number of hydrogen-bond donors (Lipinski definition) is 3. The molecule has 1 saturated carbocycles. The van der Waals surface area contributed by atoms with Gasteiger partial charge in [0.15, 0.2) is 0 Å². The summed E-state index contributed by atoms with van der Waals surface area (Å²) in [7, 11) is -2.59. The van der Waals surface area contributed by atoms with Gasteiger partial charge in [0.25, 0.3) is 11.5 Å². The Balaban J connectivity index is 1.13. The zero-order valence-corrected chi connectivity index (χ0v) is 29.1. The normalized spacial score (nSPS) is 24.6. The van der Waals surface area contributed by atoms with Crippen LogP contribution in [0.4, 0.5) is 0 Å². The Kier molecular flexibility index (Phi) is 8.73. The Morgan fingerprint density at radius 1 is 0.960 bits per heavy atom. The van der Waals surface area contributed by atoms with Gasteiger partial charge in [-0.2, -0.15) is 0 Å². The minimum Gasteiger partial charge on any atom is -0.340 e. The molecule has 3 N–H and O–H groups in total. The van der Waals surface area contributed by atoms with E-state index in [4.69, 9.17) is 0 Å². The van der Waals surface area contributed by atoms with Gasteiger partial charge in [-0.05, 0) is 78.6 Å². The van der Waals surface area contributed by atoms with Crippen LogP contribution >= 0.6 is 7.60 Å². The van der Waals surface area contributed by atoms with Gasteiger partial charge in [0.2, 0.25) is 17.7 Å². The number of aromatic nitrogens is 1. The fourth-order valence-corrected chi connectivity index (χ4v) is 8.91. The molecule has 2 aromatic carbocycles. The van der Waals surface area contributed by atoms with Crippen molar-refractivity contribution in [1.29, 1.82) is 0 Å². The Morgan fingerprint density at radius 2 is 1.72 bits per heavy atom. The molecule has 3 aliphatic heterocycles. The number of likely N-dealkylation sites (tertiary alicyclic amines) is 1. The maximum atomic E-state index is 14.5. The van der Waals surface area contributed by atoms with Crippen molar-refractivity contribution in [2.75, 3.05) is 19.6 Å². The largest absolute Gasteiger partial charge is 0.340 e. The van der Waals surface area contributed by atoms with Crippen molar-refractivity contribution < 1.29 is 33.5 Å². The summed E-state index contributed by atoms with van der Waals surface area (Å²) >= 11 is 0. The van der Waals surface area contributed by atoms with Gasteiger partial charge in [-0.25, -0.2) is 0 Å². The summed E-state index contributed by atoms with van der Waals surface area (Å²) in [5.74, 6) is -1.22. The summed E-state index contributed by atoms with van der Waals surface area (Å²) in [5.41, 5.74) is 1.22. The summed E-state index contributed by atoms with van der Waals surface area (Å²) in [6.07, 6.45) is 5.47. The molecule has 4 aliphatic rings. The van der Waals surface area contributed by atoms with Crippen molar-refractivity contribution >= 4 is 42.0 Å². The first-order valence-electron chi connectivity index (χ1n) is 17.2. The molecule has 13 nitrogen and oxygen atoms in total. The number of carbonyl (C=O) groups excluding carboxylic acids is 4. The van der Waals surface area contributed by atoms with E-state index in [-0.39, 0.29) is 47.0 Å². The number of hydrogen-bond acceptors (Lipinski definition) is 6. The number of rotatable bonds is 6. The SMILES string of the molecule is CC(=O)N1CC[C@H]2CC[C@@H](C(=O)N3CC(c4ccn(C)c(=O)c4)CC34CC4)N2C(=O)[C@@H](NC(=O)c2ccc3ccc(CP(=O)(O)O)cc3c2)C1. The molecule has 4 heterocycles. The number of carbonyl (C=O) groups is 4. The van der Waals surface area contributed by atoms with Crippen molar-refractivity contribution in [3.63, 3.8) is 0 Å². The van der Waals surface area contributed by atoms with Crippen LogP contribution in [0, 0.1) is 0 Å². The van der Waals surface area contributed by atoms with E-state index in [1.165, 1.54) is 11.5 Å². The second-order valence-corrected chi connectivity index (χ2v) is 16.1. The van der Waals surface area contributed by atoms with Crippen LogP contribution in [0.1, 0.15) is 72.9 Å². The first kappa shape index (κ1) is 34.1. The Hall–Kier alpha value is -4.32. The van der Waals surface area contributed by atoms with Crippen LogP contribution in [0.15, 0.2) is 59.5 Å². The van der Waals surface area contributed by atoms with Gasteiger partial charge in [-0.3, -0.25) is 28.5 Å². The number of amides is 4. The van der Waals surface area contributed by atoms with Gasteiger partial charge >= 0.3 is 7.60 Å². The minimum absolute atomic E-state index is 0.0292. The molecule has 264 valence electrons. The molecule has 1 spiro atoms. The second-order valence-electron chi connectivity index (χ2n) is 14.5.